The van der Waals surface area contributed by atoms with Crippen molar-refractivity contribution in [3.05, 3.63) is 52.9 Å². The van der Waals surface area contributed by atoms with Crippen molar-refractivity contribution in [3.8, 4) is 0 Å². The third kappa shape index (κ3) is 3.44. The Morgan fingerprint density at radius 2 is 1.89 bits per heavy atom. The SMILES string of the molecule is Cc1cncc(N(C)CCc2ccc(Cl)cc2)n1. The molecule has 0 radical (unpaired) electrons. The quantitative estimate of drug-likeness (QED) is 0.847. The van der Waals surface area contributed by atoms with Gasteiger partial charge in [0.1, 0.15) is 5.82 Å². The van der Waals surface area contributed by atoms with Gasteiger partial charge in [-0.2, -0.15) is 0 Å². The molecule has 0 bridgehead atoms. The van der Waals surface area contributed by atoms with E-state index in [-0.39, 0.29) is 0 Å². The molecular formula is C14H16ClN3. The van der Waals surface area contributed by atoms with Crippen molar-refractivity contribution in [2.24, 2.45) is 0 Å². The van der Waals surface area contributed by atoms with Crippen LogP contribution in [-0.4, -0.2) is 23.6 Å². The highest BCUT2D eigenvalue weighted by Crippen LogP contribution is 2.12. The number of nitrogens with zero attached hydrogens (tertiary/aromatic N) is 3. The van der Waals surface area contributed by atoms with Gasteiger partial charge in [-0.1, -0.05) is 23.7 Å². The summed E-state index contributed by atoms with van der Waals surface area (Å²) in [5.41, 5.74) is 2.21. The topological polar surface area (TPSA) is 29.0 Å². The van der Waals surface area contributed by atoms with Gasteiger partial charge in [0.25, 0.3) is 0 Å². The molecule has 0 saturated heterocycles. The highest BCUT2D eigenvalue weighted by Gasteiger charge is 2.03. The predicted octanol–water partition coefficient (Wildman–Crippen LogP) is 3.12. The molecule has 0 N–H and O–H groups in total. The van der Waals surface area contributed by atoms with Gasteiger partial charge >= 0.3 is 0 Å². The Kier molecular flexibility index (Phi) is 4.15. The molecule has 1 aromatic heterocycles. The van der Waals surface area contributed by atoms with Crippen LogP contribution in [0.15, 0.2) is 36.7 Å². The van der Waals surface area contributed by atoms with Crippen molar-refractivity contribution in [1.29, 1.82) is 0 Å². The Hall–Kier alpha value is -1.61. The summed E-state index contributed by atoms with van der Waals surface area (Å²) in [5, 5.41) is 0.775. The predicted molar refractivity (Wildman–Crippen MR) is 75.2 cm³/mol. The average molecular weight is 262 g/mol. The highest BCUT2D eigenvalue weighted by atomic mass is 35.5. The lowest BCUT2D eigenvalue weighted by Gasteiger charge is -2.17. The van der Waals surface area contributed by atoms with Gasteiger partial charge in [-0.3, -0.25) is 4.98 Å². The third-order valence-corrected chi connectivity index (χ3v) is 3.03. The molecule has 0 amide bonds. The van der Waals surface area contributed by atoms with Crippen molar-refractivity contribution in [3.63, 3.8) is 0 Å². The van der Waals surface area contributed by atoms with Gasteiger partial charge < -0.3 is 4.90 Å². The van der Waals surface area contributed by atoms with Crippen LogP contribution in [-0.2, 0) is 6.42 Å². The molecule has 0 spiro atoms. The molecule has 0 aliphatic carbocycles. The number of aromatic nitrogens is 2. The molecule has 4 heteroatoms. The number of benzene rings is 1. The molecule has 0 saturated carbocycles. The second-order valence-electron chi connectivity index (χ2n) is 4.32. The Labute approximate surface area is 112 Å². The van der Waals surface area contributed by atoms with Crippen molar-refractivity contribution >= 4 is 17.4 Å². The van der Waals surface area contributed by atoms with Crippen LogP contribution in [0.3, 0.4) is 0 Å². The van der Waals surface area contributed by atoms with Crippen LogP contribution in [0.5, 0.6) is 0 Å². The summed E-state index contributed by atoms with van der Waals surface area (Å²) in [6.45, 7) is 2.85. The lowest BCUT2D eigenvalue weighted by Crippen LogP contribution is -2.21. The van der Waals surface area contributed by atoms with E-state index in [1.54, 1.807) is 12.4 Å². The maximum Gasteiger partial charge on any atom is 0.147 e. The zero-order chi connectivity index (χ0) is 13.0. The molecular weight excluding hydrogens is 246 g/mol. The van der Waals surface area contributed by atoms with Gasteiger partial charge in [-0.05, 0) is 31.0 Å². The number of likely N-dealkylation sites (N-methyl/N-ethyl adjacent to an activating group) is 1. The van der Waals surface area contributed by atoms with Crippen LogP contribution in [0, 0.1) is 6.92 Å². The van der Waals surface area contributed by atoms with E-state index in [2.05, 4.69) is 27.0 Å². The minimum absolute atomic E-state index is 0.775. The summed E-state index contributed by atoms with van der Waals surface area (Å²) in [4.78, 5) is 10.7. The molecule has 94 valence electrons. The average Bonchev–Trinajstić information content (AvgIpc) is 2.38. The normalized spacial score (nSPS) is 10.4. The number of hydrogen-bond donors (Lipinski definition) is 0. The van der Waals surface area contributed by atoms with E-state index in [9.17, 15) is 0 Å². The fourth-order valence-corrected chi connectivity index (χ4v) is 1.82. The Morgan fingerprint density at radius 3 is 2.56 bits per heavy atom. The van der Waals surface area contributed by atoms with E-state index in [4.69, 9.17) is 11.6 Å². The molecule has 0 aliphatic rings. The van der Waals surface area contributed by atoms with Gasteiger partial charge in [0.15, 0.2) is 0 Å². The first kappa shape index (κ1) is 12.8. The van der Waals surface area contributed by atoms with Gasteiger partial charge in [0.05, 0.1) is 11.9 Å². The van der Waals surface area contributed by atoms with Crippen LogP contribution in [0.25, 0.3) is 0 Å². The molecule has 1 aromatic carbocycles. The first-order chi connectivity index (χ1) is 8.65. The largest absolute Gasteiger partial charge is 0.358 e. The number of aryl methyl sites for hydroxylation is 1. The summed E-state index contributed by atoms with van der Waals surface area (Å²) in [6, 6.07) is 7.95. The lowest BCUT2D eigenvalue weighted by molar-refractivity contribution is 0.850. The van der Waals surface area contributed by atoms with E-state index in [1.807, 2.05) is 26.1 Å². The summed E-state index contributed by atoms with van der Waals surface area (Å²) in [5.74, 6) is 0.906. The fourth-order valence-electron chi connectivity index (χ4n) is 1.70. The van der Waals surface area contributed by atoms with Crippen molar-refractivity contribution in [1.82, 2.24) is 9.97 Å². The smallest absolute Gasteiger partial charge is 0.147 e. The molecule has 18 heavy (non-hydrogen) atoms. The summed E-state index contributed by atoms with van der Waals surface area (Å²) in [6.07, 6.45) is 4.51. The highest BCUT2D eigenvalue weighted by molar-refractivity contribution is 6.30. The van der Waals surface area contributed by atoms with Gasteiger partial charge in [-0.15, -0.1) is 0 Å². The first-order valence-electron chi connectivity index (χ1n) is 5.89. The summed E-state index contributed by atoms with van der Waals surface area (Å²) < 4.78 is 0. The van der Waals surface area contributed by atoms with E-state index in [1.165, 1.54) is 5.56 Å². The number of rotatable bonds is 4. The monoisotopic (exact) mass is 261 g/mol. The minimum atomic E-state index is 0.775. The van der Waals surface area contributed by atoms with Crippen LogP contribution < -0.4 is 4.90 Å². The van der Waals surface area contributed by atoms with E-state index in [0.717, 1.165) is 29.5 Å². The summed E-state index contributed by atoms with van der Waals surface area (Å²) >= 11 is 5.86. The zero-order valence-corrected chi connectivity index (χ0v) is 11.4. The molecule has 0 aliphatic heterocycles. The van der Waals surface area contributed by atoms with E-state index < -0.39 is 0 Å². The lowest BCUT2D eigenvalue weighted by atomic mass is 10.1. The third-order valence-electron chi connectivity index (χ3n) is 2.78. The van der Waals surface area contributed by atoms with Crippen molar-refractivity contribution < 1.29 is 0 Å². The van der Waals surface area contributed by atoms with Gasteiger partial charge in [-0.25, -0.2) is 4.98 Å². The molecule has 2 rings (SSSR count). The first-order valence-corrected chi connectivity index (χ1v) is 6.27. The maximum absolute atomic E-state index is 5.86. The van der Waals surface area contributed by atoms with Crippen LogP contribution >= 0.6 is 11.6 Å². The van der Waals surface area contributed by atoms with Gasteiger partial charge in [0, 0.05) is 24.8 Å². The minimum Gasteiger partial charge on any atom is -0.358 e. The number of hydrogen-bond acceptors (Lipinski definition) is 3. The van der Waals surface area contributed by atoms with Gasteiger partial charge in [0.2, 0.25) is 0 Å². The fraction of sp³-hybridized carbons (Fsp3) is 0.286. The second kappa shape index (κ2) is 5.83. The second-order valence-corrected chi connectivity index (χ2v) is 4.75. The molecule has 2 aromatic rings. The van der Waals surface area contributed by atoms with E-state index >= 15 is 0 Å². The Bertz CT molecular complexity index is 511. The Morgan fingerprint density at radius 1 is 1.17 bits per heavy atom. The van der Waals surface area contributed by atoms with E-state index in [0.29, 0.717) is 0 Å². The van der Waals surface area contributed by atoms with Crippen LogP contribution in [0.2, 0.25) is 5.02 Å². The van der Waals surface area contributed by atoms with Crippen molar-refractivity contribution in [2.45, 2.75) is 13.3 Å². The number of halogens is 1. The molecule has 1 heterocycles. The standard InChI is InChI=1S/C14H16ClN3/c1-11-9-16-10-14(17-11)18(2)8-7-12-3-5-13(15)6-4-12/h3-6,9-10H,7-8H2,1-2H3. The van der Waals surface area contributed by atoms with Crippen molar-refractivity contribution in [2.75, 3.05) is 18.5 Å². The molecule has 0 atom stereocenters. The molecule has 0 unspecified atom stereocenters. The van der Waals surface area contributed by atoms with Crippen LogP contribution in [0.4, 0.5) is 5.82 Å². The molecule has 3 nitrogen and oxygen atoms in total. The summed E-state index contributed by atoms with van der Waals surface area (Å²) in [7, 11) is 2.03. The van der Waals surface area contributed by atoms with Crippen LogP contribution in [0.1, 0.15) is 11.3 Å². The zero-order valence-electron chi connectivity index (χ0n) is 10.6. The maximum atomic E-state index is 5.86. The Balaban J connectivity index is 1.96. The number of anilines is 1. The molecule has 0 fully saturated rings.